The monoisotopic (exact) mass is 302 g/mol. The molecule has 0 amide bonds. The van der Waals surface area contributed by atoms with E-state index in [1.54, 1.807) is 12.1 Å². The number of benzene rings is 1. The van der Waals surface area contributed by atoms with Crippen molar-refractivity contribution in [3.05, 3.63) is 35.3 Å². The maximum absolute atomic E-state index is 13.7. The van der Waals surface area contributed by atoms with Gasteiger partial charge in [0.15, 0.2) is 0 Å². The minimum atomic E-state index is -0.645. The van der Waals surface area contributed by atoms with Crippen molar-refractivity contribution in [3.8, 4) is 0 Å². The zero-order valence-corrected chi connectivity index (χ0v) is 12.6. The molecule has 1 aromatic carbocycles. The van der Waals surface area contributed by atoms with Gasteiger partial charge < -0.3 is 14.6 Å². The Bertz CT molecular complexity index is 754. The number of hydrogen-bond acceptors (Lipinski definition) is 3. The molecule has 0 radical (unpaired) electrons. The number of aromatic amines is 1. The van der Waals surface area contributed by atoms with E-state index >= 15 is 0 Å². The molecule has 2 unspecified atom stereocenters. The zero-order chi connectivity index (χ0) is 15.3. The summed E-state index contributed by atoms with van der Waals surface area (Å²) < 4.78 is 18.8. The summed E-state index contributed by atoms with van der Waals surface area (Å²) in [5.74, 6) is -0.429. The van der Waals surface area contributed by atoms with Crippen LogP contribution in [0.1, 0.15) is 24.1 Å². The van der Waals surface area contributed by atoms with E-state index in [4.69, 9.17) is 4.74 Å². The quantitative estimate of drug-likeness (QED) is 0.823. The molecule has 1 aromatic heterocycles. The van der Waals surface area contributed by atoms with Crippen molar-refractivity contribution >= 4 is 16.9 Å². The predicted octanol–water partition coefficient (Wildman–Crippen LogP) is 2.37. The number of aromatic nitrogens is 1. The second-order valence-electron chi connectivity index (χ2n) is 6.37. The average Bonchev–Trinajstić information content (AvgIpc) is 2.85. The molecule has 3 heterocycles. The number of fused-ring (bicyclic) bond motifs is 6. The van der Waals surface area contributed by atoms with Crippen molar-refractivity contribution in [1.29, 1.82) is 0 Å². The number of H-pyrrole nitrogens is 1. The van der Waals surface area contributed by atoms with Gasteiger partial charge in [-0.15, -0.1) is 0 Å². The van der Waals surface area contributed by atoms with E-state index in [0.29, 0.717) is 6.54 Å². The molecule has 2 aromatic rings. The molecule has 2 aliphatic rings. The number of carbonyl (C=O) groups excluding carboxylic acids is 1. The molecule has 4 rings (SSSR count). The van der Waals surface area contributed by atoms with Crippen LogP contribution >= 0.6 is 0 Å². The van der Waals surface area contributed by atoms with E-state index in [0.717, 1.165) is 54.5 Å². The van der Waals surface area contributed by atoms with Crippen LogP contribution < -0.4 is 0 Å². The molecule has 22 heavy (non-hydrogen) atoms. The van der Waals surface area contributed by atoms with Crippen LogP contribution in [0.15, 0.2) is 18.2 Å². The fourth-order valence-corrected chi connectivity index (χ4v) is 4.16. The number of hydrogen-bond donors (Lipinski definition) is 1. The Morgan fingerprint density at radius 3 is 3.09 bits per heavy atom. The summed E-state index contributed by atoms with van der Waals surface area (Å²) in [6.07, 6.45) is 2.58. The van der Waals surface area contributed by atoms with Crippen LogP contribution in [0.25, 0.3) is 10.9 Å². The molecule has 4 nitrogen and oxygen atoms in total. The van der Waals surface area contributed by atoms with Crippen LogP contribution in [-0.2, 0) is 21.4 Å². The van der Waals surface area contributed by atoms with Gasteiger partial charge in [-0.1, -0.05) is 0 Å². The highest BCUT2D eigenvalue weighted by molar-refractivity contribution is 5.91. The third-order valence-corrected chi connectivity index (χ3v) is 5.17. The lowest BCUT2D eigenvalue weighted by molar-refractivity contribution is -0.150. The summed E-state index contributed by atoms with van der Waals surface area (Å²) in [7, 11) is 1.45. The van der Waals surface area contributed by atoms with Crippen molar-refractivity contribution in [2.24, 2.45) is 0 Å². The van der Waals surface area contributed by atoms with Gasteiger partial charge in [0.1, 0.15) is 11.2 Å². The summed E-state index contributed by atoms with van der Waals surface area (Å²) in [4.78, 5) is 18.3. The first-order valence-corrected chi connectivity index (χ1v) is 7.75. The lowest BCUT2D eigenvalue weighted by atomic mass is 9.76. The number of ether oxygens (including phenoxy) is 1. The molecule has 2 atom stereocenters. The molecule has 2 bridgehead atoms. The SMILES string of the molecule is COC(=O)C12CCCN(CCc3c1[nH]c1ccc(F)cc31)C2. The molecular weight excluding hydrogens is 283 g/mol. The van der Waals surface area contributed by atoms with Crippen molar-refractivity contribution in [1.82, 2.24) is 9.88 Å². The number of nitrogens with zero attached hydrogens (tertiary/aromatic N) is 1. The van der Waals surface area contributed by atoms with Gasteiger partial charge in [-0.25, -0.2) is 4.39 Å². The molecule has 2 aliphatic heterocycles. The maximum atomic E-state index is 13.7. The number of methoxy groups -OCH3 is 1. The first kappa shape index (κ1) is 13.8. The topological polar surface area (TPSA) is 45.3 Å². The summed E-state index contributed by atoms with van der Waals surface area (Å²) in [6, 6.07) is 4.78. The van der Waals surface area contributed by atoms with E-state index in [2.05, 4.69) is 9.88 Å². The van der Waals surface area contributed by atoms with E-state index in [1.165, 1.54) is 13.2 Å². The van der Waals surface area contributed by atoms with Crippen molar-refractivity contribution in [2.45, 2.75) is 24.7 Å². The fraction of sp³-hybridized carbons (Fsp3) is 0.471. The van der Waals surface area contributed by atoms with E-state index < -0.39 is 5.41 Å². The van der Waals surface area contributed by atoms with Gasteiger partial charge >= 0.3 is 5.97 Å². The summed E-state index contributed by atoms with van der Waals surface area (Å²) >= 11 is 0. The molecule has 1 N–H and O–H groups in total. The number of carbonyl (C=O) groups is 1. The Labute approximate surface area is 128 Å². The predicted molar refractivity (Wildman–Crippen MR) is 81.3 cm³/mol. The lowest BCUT2D eigenvalue weighted by Crippen LogP contribution is -2.50. The third-order valence-electron chi connectivity index (χ3n) is 5.17. The van der Waals surface area contributed by atoms with Gasteiger partial charge in [-0.05, 0) is 49.6 Å². The molecule has 1 fully saturated rings. The van der Waals surface area contributed by atoms with Crippen LogP contribution in [0.4, 0.5) is 4.39 Å². The third kappa shape index (κ3) is 1.81. The van der Waals surface area contributed by atoms with Gasteiger partial charge in [0.25, 0.3) is 0 Å². The van der Waals surface area contributed by atoms with Gasteiger partial charge in [0, 0.05) is 29.7 Å². The van der Waals surface area contributed by atoms with Crippen LogP contribution in [-0.4, -0.2) is 42.6 Å². The molecule has 0 spiro atoms. The lowest BCUT2D eigenvalue weighted by Gasteiger charge is -2.38. The normalized spacial score (nSPS) is 27.3. The summed E-state index contributed by atoms with van der Waals surface area (Å²) in [6.45, 7) is 2.59. The Balaban J connectivity index is 1.98. The summed E-state index contributed by atoms with van der Waals surface area (Å²) in [5, 5.41) is 0.895. The van der Waals surface area contributed by atoms with Gasteiger partial charge in [0.05, 0.1) is 7.11 Å². The Morgan fingerprint density at radius 1 is 1.41 bits per heavy atom. The second kappa shape index (κ2) is 4.81. The Morgan fingerprint density at radius 2 is 2.27 bits per heavy atom. The Kier molecular flexibility index (Phi) is 3.01. The van der Waals surface area contributed by atoms with E-state index in [-0.39, 0.29) is 11.8 Å². The number of esters is 1. The van der Waals surface area contributed by atoms with Crippen molar-refractivity contribution in [3.63, 3.8) is 0 Å². The smallest absolute Gasteiger partial charge is 0.319 e. The molecule has 0 aliphatic carbocycles. The van der Waals surface area contributed by atoms with Crippen molar-refractivity contribution < 1.29 is 13.9 Å². The van der Waals surface area contributed by atoms with Crippen LogP contribution in [0.2, 0.25) is 0 Å². The number of rotatable bonds is 1. The van der Waals surface area contributed by atoms with E-state index in [9.17, 15) is 9.18 Å². The van der Waals surface area contributed by atoms with Crippen molar-refractivity contribution in [2.75, 3.05) is 26.7 Å². The molecule has 5 heteroatoms. The highest BCUT2D eigenvalue weighted by Crippen LogP contribution is 2.41. The minimum absolute atomic E-state index is 0.188. The number of piperidine rings is 1. The first-order chi connectivity index (χ1) is 10.6. The second-order valence-corrected chi connectivity index (χ2v) is 6.37. The Hall–Kier alpha value is -1.88. The molecule has 116 valence electrons. The summed E-state index contributed by atoms with van der Waals surface area (Å²) in [5.41, 5.74) is 2.26. The van der Waals surface area contributed by atoms with Crippen LogP contribution in [0, 0.1) is 5.82 Å². The van der Waals surface area contributed by atoms with E-state index in [1.807, 2.05) is 0 Å². The zero-order valence-electron chi connectivity index (χ0n) is 12.6. The largest absolute Gasteiger partial charge is 0.468 e. The number of halogens is 1. The van der Waals surface area contributed by atoms with Gasteiger partial charge in [-0.3, -0.25) is 4.79 Å². The van der Waals surface area contributed by atoms with Gasteiger partial charge in [-0.2, -0.15) is 0 Å². The van der Waals surface area contributed by atoms with Crippen LogP contribution in [0.5, 0.6) is 0 Å². The molecule has 0 saturated carbocycles. The van der Waals surface area contributed by atoms with Crippen LogP contribution in [0.3, 0.4) is 0 Å². The maximum Gasteiger partial charge on any atom is 0.319 e. The highest BCUT2D eigenvalue weighted by atomic mass is 19.1. The van der Waals surface area contributed by atoms with Gasteiger partial charge in [0.2, 0.25) is 0 Å². The first-order valence-electron chi connectivity index (χ1n) is 7.75. The average molecular weight is 302 g/mol. The highest BCUT2D eigenvalue weighted by Gasteiger charge is 2.48. The molecular formula is C17H19FN2O2. The fourth-order valence-electron chi connectivity index (χ4n) is 4.16. The standard InChI is InChI=1S/C17H19FN2O2/c1-22-16(21)17-6-2-7-20(10-17)8-5-12-13-9-11(18)3-4-14(13)19-15(12)17/h3-4,9,19H,2,5-8,10H2,1H3. The minimum Gasteiger partial charge on any atom is -0.468 e. The number of nitrogens with one attached hydrogen (secondary N) is 1. The molecule has 1 saturated heterocycles.